The van der Waals surface area contributed by atoms with Crippen molar-refractivity contribution in [2.45, 2.75) is 58.0 Å². The predicted octanol–water partition coefficient (Wildman–Crippen LogP) is 0.434. The largest absolute Gasteiger partial charge is 0.481 e. The molecule has 7 nitrogen and oxygen atoms in total. The Morgan fingerprint density at radius 1 is 1.38 bits per heavy atom. The van der Waals surface area contributed by atoms with E-state index in [1.807, 2.05) is 0 Å². The van der Waals surface area contributed by atoms with Gasteiger partial charge in [0, 0.05) is 18.9 Å². The zero-order valence-corrected chi connectivity index (χ0v) is 12.7. The minimum absolute atomic E-state index is 0.0342. The minimum atomic E-state index is -0.828. The second-order valence-corrected chi connectivity index (χ2v) is 5.74. The second-order valence-electron chi connectivity index (χ2n) is 5.74. The lowest BCUT2D eigenvalue weighted by molar-refractivity contribution is -0.141. The zero-order valence-electron chi connectivity index (χ0n) is 12.7. The fourth-order valence-corrected chi connectivity index (χ4v) is 3.10. The number of carbonyl (C=O) groups is 2. The topological polar surface area (TPSA) is 131 Å². The number of carboxylic acids is 1. The molecule has 0 aromatic heterocycles. The number of amides is 1. The van der Waals surface area contributed by atoms with Crippen molar-refractivity contribution in [1.29, 1.82) is 0 Å². The number of hydrogen-bond donors (Lipinski definition) is 4. The number of rotatable bonds is 7. The minimum Gasteiger partial charge on any atom is -0.481 e. The lowest BCUT2D eigenvalue weighted by Gasteiger charge is -2.27. The Balaban J connectivity index is 2.91. The Morgan fingerprint density at radius 2 is 2.05 bits per heavy atom. The van der Waals surface area contributed by atoms with Gasteiger partial charge in [-0.25, -0.2) is 4.99 Å². The standard InChI is InChI=1S/C14H26N4O3/c1-3-4-5-11(17-8(2)19)10-6-9(13(20)21)7-12(10)18-14(15)16/h9-12H,3-7H2,1-2H3,(H,17,19)(H,20,21)(H4,15,16,18)/t9?,10-,11?,12+/m1/s1. The summed E-state index contributed by atoms with van der Waals surface area (Å²) in [5.74, 6) is -1.47. The number of aliphatic carboxylic acids is 1. The van der Waals surface area contributed by atoms with Gasteiger partial charge >= 0.3 is 5.97 Å². The van der Waals surface area contributed by atoms with Gasteiger partial charge in [0.25, 0.3) is 0 Å². The van der Waals surface area contributed by atoms with Crippen LogP contribution in [-0.2, 0) is 9.59 Å². The molecule has 0 aromatic rings. The summed E-state index contributed by atoms with van der Waals surface area (Å²) in [4.78, 5) is 26.8. The molecule has 2 unspecified atom stereocenters. The summed E-state index contributed by atoms with van der Waals surface area (Å²) in [5.41, 5.74) is 10.9. The molecule has 0 spiro atoms. The van der Waals surface area contributed by atoms with E-state index in [-0.39, 0.29) is 29.9 Å². The molecule has 1 fully saturated rings. The highest BCUT2D eigenvalue weighted by Crippen LogP contribution is 2.37. The first kappa shape index (κ1) is 17.3. The molecule has 1 rings (SSSR count). The van der Waals surface area contributed by atoms with Gasteiger partial charge in [-0.05, 0) is 19.3 Å². The summed E-state index contributed by atoms with van der Waals surface area (Å²) in [6.45, 7) is 3.55. The Morgan fingerprint density at radius 3 is 2.52 bits per heavy atom. The highest BCUT2D eigenvalue weighted by atomic mass is 16.4. The van der Waals surface area contributed by atoms with E-state index in [9.17, 15) is 14.7 Å². The number of nitrogens with zero attached hydrogens (tertiary/aromatic N) is 1. The number of carbonyl (C=O) groups excluding carboxylic acids is 1. The highest BCUT2D eigenvalue weighted by molar-refractivity contribution is 5.76. The zero-order chi connectivity index (χ0) is 16.0. The quantitative estimate of drug-likeness (QED) is 0.400. The van der Waals surface area contributed by atoms with Crippen molar-refractivity contribution in [2.75, 3.05) is 0 Å². The number of unbranched alkanes of at least 4 members (excludes halogenated alkanes) is 1. The molecule has 0 aliphatic heterocycles. The number of hydrogen-bond acceptors (Lipinski definition) is 3. The highest BCUT2D eigenvalue weighted by Gasteiger charge is 2.42. The van der Waals surface area contributed by atoms with Gasteiger partial charge in [0.2, 0.25) is 5.91 Å². The number of nitrogens with two attached hydrogens (primary N) is 2. The Labute approximate surface area is 125 Å². The summed E-state index contributed by atoms with van der Waals surface area (Å²) in [7, 11) is 0. The summed E-state index contributed by atoms with van der Waals surface area (Å²) in [6.07, 6.45) is 3.70. The Bertz CT molecular complexity index is 407. The van der Waals surface area contributed by atoms with E-state index in [0.29, 0.717) is 12.8 Å². The molecule has 1 aliphatic rings. The first-order valence-electron chi connectivity index (χ1n) is 7.43. The molecule has 120 valence electrons. The monoisotopic (exact) mass is 298 g/mol. The van der Waals surface area contributed by atoms with E-state index in [1.165, 1.54) is 6.92 Å². The molecular formula is C14H26N4O3. The van der Waals surface area contributed by atoms with Crippen LogP contribution in [0.1, 0.15) is 46.0 Å². The van der Waals surface area contributed by atoms with Crippen molar-refractivity contribution in [3.05, 3.63) is 0 Å². The number of guanidine groups is 1. The lowest BCUT2D eigenvalue weighted by Crippen LogP contribution is -2.42. The molecule has 7 heteroatoms. The molecular weight excluding hydrogens is 272 g/mol. The molecule has 0 saturated heterocycles. The van der Waals surface area contributed by atoms with Crippen molar-refractivity contribution in [3.8, 4) is 0 Å². The van der Waals surface area contributed by atoms with Crippen LogP contribution >= 0.6 is 0 Å². The van der Waals surface area contributed by atoms with E-state index in [2.05, 4.69) is 17.2 Å². The van der Waals surface area contributed by atoms with Gasteiger partial charge in [-0.2, -0.15) is 0 Å². The molecule has 0 aromatic carbocycles. The van der Waals surface area contributed by atoms with Crippen LogP contribution in [0.5, 0.6) is 0 Å². The average Bonchev–Trinajstić information content (AvgIpc) is 2.77. The van der Waals surface area contributed by atoms with E-state index in [0.717, 1.165) is 19.3 Å². The molecule has 6 N–H and O–H groups in total. The Hall–Kier alpha value is -1.79. The predicted molar refractivity (Wildman–Crippen MR) is 80.6 cm³/mol. The number of nitrogens with one attached hydrogen (secondary N) is 1. The van der Waals surface area contributed by atoms with Crippen LogP contribution in [0.2, 0.25) is 0 Å². The van der Waals surface area contributed by atoms with Gasteiger partial charge < -0.3 is 21.9 Å². The fourth-order valence-electron chi connectivity index (χ4n) is 3.10. The number of aliphatic imine (C=N–C) groups is 1. The van der Waals surface area contributed by atoms with Crippen molar-refractivity contribution in [3.63, 3.8) is 0 Å². The van der Waals surface area contributed by atoms with Crippen LogP contribution in [0.15, 0.2) is 4.99 Å². The SMILES string of the molecule is CCCCC(NC(C)=O)[C@H]1CC(C(=O)O)C[C@@H]1N=C(N)N. The van der Waals surface area contributed by atoms with Gasteiger partial charge in [0.05, 0.1) is 12.0 Å². The molecule has 0 heterocycles. The lowest BCUT2D eigenvalue weighted by atomic mass is 9.90. The third kappa shape index (κ3) is 5.24. The van der Waals surface area contributed by atoms with Gasteiger partial charge in [-0.3, -0.25) is 9.59 Å². The van der Waals surface area contributed by atoms with Gasteiger partial charge in [-0.1, -0.05) is 19.8 Å². The van der Waals surface area contributed by atoms with Crippen molar-refractivity contribution in [2.24, 2.45) is 28.3 Å². The van der Waals surface area contributed by atoms with E-state index in [1.54, 1.807) is 0 Å². The summed E-state index contributed by atoms with van der Waals surface area (Å²) in [6, 6.07) is -0.329. The maximum atomic E-state index is 11.4. The van der Waals surface area contributed by atoms with Gasteiger partial charge in [0.1, 0.15) is 0 Å². The first-order valence-corrected chi connectivity index (χ1v) is 7.43. The summed E-state index contributed by atoms with van der Waals surface area (Å²) < 4.78 is 0. The maximum Gasteiger partial charge on any atom is 0.306 e. The van der Waals surface area contributed by atoms with Crippen LogP contribution in [0.3, 0.4) is 0 Å². The van der Waals surface area contributed by atoms with Crippen LogP contribution in [0.25, 0.3) is 0 Å². The molecule has 1 aliphatic carbocycles. The second kappa shape index (κ2) is 7.85. The van der Waals surface area contributed by atoms with Crippen molar-refractivity contribution >= 4 is 17.8 Å². The third-order valence-corrected chi connectivity index (χ3v) is 4.02. The van der Waals surface area contributed by atoms with Gasteiger partial charge in [-0.15, -0.1) is 0 Å². The van der Waals surface area contributed by atoms with Crippen LogP contribution < -0.4 is 16.8 Å². The fraction of sp³-hybridized carbons (Fsp3) is 0.786. The Kier molecular flexibility index (Phi) is 6.45. The van der Waals surface area contributed by atoms with Crippen molar-refractivity contribution < 1.29 is 14.7 Å². The molecule has 21 heavy (non-hydrogen) atoms. The van der Waals surface area contributed by atoms with Crippen LogP contribution in [0.4, 0.5) is 0 Å². The molecule has 1 saturated carbocycles. The molecule has 0 radical (unpaired) electrons. The smallest absolute Gasteiger partial charge is 0.306 e. The normalized spacial score (nSPS) is 26.1. The van der Waals surface area contributed by atoms with E-state index in [4.69, 9.17) is 11.5 Å². The van der Waals surface area contributed by atoms with E-state index < -0.39 is 11.9 Å². The van der Waals surface area contributed by atoms with E-state index >= 15 is 0 Å². The van der Waals surface area contributed by atoms with Crippen LogP contribution in [0, 0.1) is 11.8 Å². The number of carboxylic acid groups (broad SMARTS) is 1. The molecule has 1 amide bonds. The van der Waals surface area contributed by atoms with Crippen LogP contribution in [-0.4, -0.2) is 35.0 Å². The first-order chi connectivity index (χ1) is 9.85. The molecule has 0 bridgehead atoms. The average molecular weight is 298 g/mol. The van der Waals surface area contributed by atoms with Gasteiger partial charge in [0.15, 0.2) is 5.96 Å². The summed E-state index contributed by atoms with van der Waals surface area (Å²) >= 11 is 0. The summed E-state index contributed by atoms with van der Waals surface area (Å²) in [5, 5.41) is 12.2. The third-order valence-electron chi connectivity index (χ3n) is 4.02. The van der Waals surface area contributed by atoms with Crippen molar-refractivity contribution in [1.82, 2.24) is 5.32 Å². The maximum absolute atomic E-state index is 11.4. The molecule has 4 atom stereocenters.